The van der Waals surface area contributed by atoms with Crippen LogP contribution in [0.3, 0.4) is 0 Å². The molecule has 4 nitrogen and oxygen atoms in total. The zero-order chi connectivity index (χ0) is 11.1. The lowest BCUT2D eigenvalue weighted by Gasteiger charge is -1.98. The van der Waals surface area contributed by atoms with Crippen LogP contribution in [0.25, 0.3) is 0 Å². The number of ether oxygens (including phenoxy) is 2. The van der Waals surface area contributed by atoms with Crippen LogP contribution in [0.15, 0.2) is 23.3 Å². The summed E-state index contributed by atoms with van der Waals surface area (Å²) in [5.74, 6) is -0.835. The standard InChI is InChI=1S/C10H14O4/c1-7(9(11)13-3)5-6-8(2)10(12)14-4/h5-6H,1-4H3/b7-5-,8-6+. The van der Waals surface area contributed by atoms with E-state index >= 15 is 0 Å². The molecule has 0 atom stereocenters. The van der Waals surface area contributed by atoms with Gasteiger partial charge in [-0.1, -0.05) is 12.2 Å². The van der Waals surface area contributed by atoms with Gasteiger partial charge in [-0.15, -0.1) is 0 Å². The summed E-state index contributed by atoms with van der Waals surface area (Å²) in [7, 11) is 2.60. The van der Waals surface area contributed by atoms with Crippen LogP contribution in [0.2, 0.25) is 0 Å². The summed E-state index contributed by atoms with van der Waals surface area (Å²) < 4.78 is 8.96. The Morgan fingerprint density at radius 3 is 1.36 bits per heavy atom. The maximum atomic E-state index is 10.9. The van der Waals surface area contributed by atoms with E-state index < -0.39 is 11.9 Å². The Morgan fingerprint density at radius 1 is 0.857 bits per heavy atom. The summed E-state index contributed by atoms with van der Waals surface area (Å²) in [5, 5.41) is 0. The Labute approximate surface area is 83.2 Å². The summed E-state index contributed by atoms with van der Waals surface area (Å²) in [5.41, 5.74) is 0.853. The number of carbonyl (C=O) groups excluding carboxylic acids is 2. The van der Waals surface area contributed by atoms with Crippen molar-refractivity contribution in [2.24, 2.45) is 0 Å². The summed E-state index contributed by atoms with van der Waals surface area (Å²) in [6.45, 7) is 3.21. The lowest BCUT2D eigenvalue weighted by atomic mass is 10.2. The Kier molecular flexibility index (Phi) is 5.29. The van der Waals surface area contributed by atoms with Gasteiger partial charge in [0.15, 0.2) is 0 Å². The van der Waals surface area contributed by atoms with Crippen LogP contribution in [-0.2, 0) is 19.1 Å². The first-order valence-corrected chi connectivity index (χ1v) is 4.04. The van der Waals surface area contributed by atoms with Gasteiger partial charge in [0.25, 0.3) is 0 Å². The second-order valence-corrected chi connectivity index (χ2v) is 2.68. The largest absolute Gasteiger partial charge is 0.466 e. The van der Waals surface area contributed by atoms with Gasteiger partial charge in [0.1, 0.15) is 0 Å². The minimum Gasteiger partial charge on any atom is -0.466 e. The second-order valence-electron chi connectivity index (χ2n) is 2.68. The number of hydrogen-bond acceptors (Lipinski definition) is 4. The van der Waals surface area contributed by atoms with Crippen LogP contribution >= 0.6 is 0 Å². The molecule has 0 fully saturated rings. The summed E-state index contributed by atoms with van der Waals surface area (Å²) in [4.78, 5) is 21.9. The van der Waals surface area contributed by atoms with Crippen molar-refractivity contribution in [1.29, 1.82) is 0 Å². The van der Waals surface area contributed by atoms with Crippen molar-refractivity contribution in [3.05, 3.63) is 23.3 Å². The smallest absolute Gasteiger partial charge is 0.333 e. The van der Waals surface area contributed by atoms with Crippen molar-refractivity contribution in [2.45, 2.75) is 13.8 Å². The lowest BCUT2D eigenvalue weighted by Crippen LogP contribution is -2.02. The van der Waals surface area contributed by atoms with E-state index in [1.807, 2.05) is 0 Å². The fourth-order valence-corrected chi connectivity index (χ4v) is 0.708. The van der Waals surface area contributed by atoms with Crippen LogP contribution in [0.1, 0.15) is 13.8 Å². The monoisotopic (exact) mass is 198 g/mol. The zero-order valence-corrected chi connectivity index (χ0v) is 8.79. The molecule has 0 bridgehead atoms. The Balaban J connectivity index is 4.53. The van der Waals surface area contributed by atoms with Gasteiger partial charge in [-0.25, -0.2) is 9.59 Å². The molecule has 0 heterocycles. The highest BCUT2D eigenvalue weighted by Crippen LogP contribution is 2.00. The number of hydrogen-bond donors (Lipinski definition) is 0. The SMILES string of the molecule is COC(=O)/C(C)=C\C=C(/C)C(=O)OC. The third-order valence-corrected chi connectivity index (χ3v) is 1.60. The average Bonchev–Trinajstić information content (AvgIpc) is 2.22. The van der Waals surface area contributed by atoms with Crippen LogP contribution < -0.4 is 0 Å². The van der Waals surface area contributed by atoms with Crippen LogP contribution in [0.4, 0.5) is 0 Å². The molecule has 0 rings (SSSR count). The van der Waals surface area contributed by atoms with Gasteiger partial charge >= 0.3 is 11.9 Å². The number of allylic oxidation sites excluding steroid dienone is 2. The van der Waals surface area contributed by atoms with Gasteiger partial charge in [0.2, 0.25) is 0 Å². The molecule has 0 radical (unpaired) electrons. The highest BCUT2D eigenvalue weighted by molar-refractivity contribution is 5.90. The van der Waals surface area contributed by atoms with Crippen LogP contribution in [-0.4, -0.2) is 26.2 Å². The van der Waals surface area contributed by atoms with Crippen molar-refractivity contribution in [1.82, 2.24) is 0 Å². The molecule has 0 amide bonds. The van der Waals surface area contributed by atoms with E-state index in [2.05, 4.69) is 9.47 Å². The summed E-state index contributed by atoms with van der Waals surface area (Å²) >= 11 is 0. The van der Waals surface area contributed by atoms with E-state index in [1.54, 1.807) is 13.8 Å². The first-order valence-electron chi connectivity index (χ1n) is 4.04. The molecule has 0 aliphatic carbocycles. The number of esters is 2. The minimum atomic E-state index is -0.418. The molecular formula is C10H14O4. The molecular weight excluding hydrogens is 184 g/mol. The minimum absolute atomic E-state index is 0.418. The fourth-order valence-electron chi connectivity index (χ4n) is 0.708. The van der Waals surface area contributed by atoms with E-state index in [4.69, 9.17) is 0 Å². The molecule has 0 spiro atoms. The molecule has 0 aliphatic heterocycles. The predicted octanol–water partition coefficient (Wildman–Crippen LogP) is 1.22. The molecule has 0 N–H and O–H groups in total. The van der Waals surface area contributed by atoms with Crippen molar-refractivity contribution in [2.75, 3.05) is 14.2 Å². The molecule has 78 valence electrons. The number of methoxy groups -OCH3 is 2. The number of carbonyl (C=O) groups is 2. The molecule has 14 heavy (non-hydrogen) atoms. The molecule has 0 aliphatic rings. The van der Waals surface area contributed by atoms with E-state index in [0.29, 0.717) is 11.1 Å². The van der Waals surface area contributed by atoms with Gasteiger partial charge in [-0.05, 0) is 13.8 Å². The van der Waals surface area contributed by atoms with Crippen molar-refractivity contribution in [3.8, 4) is 0 Å². The third kappa shape index (κ3) is 3.89. The lowest BCUT2D eigenvalue weighted by molar-refractivity contribution is -0.137. The average molecular weight is 198 g/mol. The second kappa shape index (κ2) is 5.96. The van der Waals surface area contributed by atoms with Crippen LogP contribution in [0.5, 0.6) is 0 Å². The first-order chi connectivity index (χ1) is 6.52. The van der Waals surface area contributed by atoms with Crippen LogP contribution in [0, 0.1) is 0 Å². The molecule has 0 saturated carbocycles. The first kappa shape index (κ1) is 12.4. The summed E-state index contributed by atoms with van der Waals surface area (Å²) in [6, 6.07) is 0. The normalized spacial score (nSPS) is 12.3. The Bertz CT molecular complexity index is 256. The highest BCUT2D eigenvalue weighted by atomic mass is 16.5. The van der Waals surface area contributed by atoms with Gasteiger partial charge in [0, 0.05) is 11.1 Å². The van der Waals surface area contributed by atoms with Gasteiger partial charge in [0.05, 0.1) is 14.2 Å². The fraction of sp³-hybridized carbons (Fsp3) is 0.400. The van der Waals surface area contributed by atoms with Crippen molar-refractivity contribution >= 4 is 11.9 Å². The molecule has 0 aromatic rings. The van der Waals surface area contributed by atoms with Gasteiger partial charge < -0.3 is 9.47 Å². The van der Waals surface area contributed by atoms with Gasteiger partial charge in [-0.3, -0.25) is 0 Å². The molecule has 4 heteroatoms. The Hall–Kier alpha value is -1.58. The van der Waals surface area contributed by atoms with Crippen molar-refractivity contribution in [3.63, 3.8) is 0 Å². The topological polar surface area (TPSA) is 52.6 Å². The molecule has 0 aromatic carbocycles. The zero-order valence-electron chi connectivity index (χ0n) is 8.79. The molecule has 0 aromatic heterocycles. The maximum absolute atomic E-state index is 10.9. The third-order valence-electron chi connectivity index (χ3n) is 1.60. The predicted molar refractivity (Wildman–Crippen MR) is 51.5 cm³/mol. The quantitative estimate of drug-likeness (QED) is 0.389. The van der Waals surface area contributed by atoms with Crippen molar-refractivity contribution < 1.29 is 19.1 Å². The maximum Gasteiger partial charge on any atom is 0.333 e. The van der Waals surface area contributed by atoms with Gasteiger partial charge in [-0.2, -0.15) is 0 Å². The highest BCUT2D eigenvalue weighted by Gasteiger charge is 2.03. The number of rotatable bonds is 3. The van der Waals surface area contributed by atoms with E-state index in [0.717, 1.165) is 0 Å². The molecule has 0 saturated heterocycles. The summed E-state index contributed by atoms with van der Waals surface area (Å²) in [6.07, 6.45) is 3.02. The van der Waals surface area contributed by atoms with E-state index in [-0.39, 0.29) is 0 Å². The Morgan fingerprint density at radius 2 is 1.14 bits per heavy atom. The molecule has 0 unspecified atom stereocenters. The van der Waals surface area contributed by atoms with E-state index in [9.17, 15) is 9.59 Å². The van der Waals surface area contributed by atoms with E-state index in [1.165, 1.54) is 26.4 Å².